The van der Waals surface area contributed by atoms with E-state index in [4.69, 9.17) is 9.47 Å². The summed E-state index contributed by atoms with van der Waals surface area (Å²) in [5.41, 5.74) is 3.11. The predicted octanol–water partition coefficient (Wildman–Crippen LogP) is 6.05. The lowest BCUT2D eigenvalue weighted by Gasteiger charge is -2.37. The van der Waals surface area contributed by atoms with Gasteiger partial charge in [-0.2, -0.15) is 5.10 Å². The number of aromatic nitrogens is 3. The number of ether oxygens (including phenoxy) is 2. The number of carbonyl (C=O) groups is 2. The minimum atomic E-state index is -0.345. The van der Waals surface area contributed by atoms with Gasteiger partial charge in [0.2, 0.25) is 5.91 Å². The predicted molar refractivity (Wildman–Crippen MR) is 167 cm³/mol. The Hall–Kier alpha value is -3.62. The van der Waals surface area contributed by atoms with Crippen LogP contribution in [-0.2, 0) is 21.4 Å². The van der Waals surface area contributed by atoms with Crippen LogP contribution in [0.5, 0.6) is 5.75 Å². The first-order valence-corrected chi connectivity index (χ1v) is 16.3. The van der Waals surface area contributed by atoms with Gasteiger partial charge < -0.3 is 19.3 Å². The summed E-state index contributed by atoms with van der Waals surface area (Å²) < 4.78 is 13.3. The molecule has 0 unspecified atom stereocenters. The van der Waals surface area contributed by atoms with E-state index >= 15 is 0 Å². The highest BCUT2D eigenvalue weighted by Crippen LogP contribution is 2.32. The van der Waals surface area contributed by atoms with Gasteiger partial charge in [-0.25, -0.2) is 4.79 Å². The Balaban J connectivity index is 1.10. The van der Waals surface area contributed by atoms with Gasteiger partial charge in [0.1, 0.15) is 11.9 Å². The first kappa shape index (κ1) is 29.5. The number of benzene rings is 1. The number of hydrogen-bond acceptors (Lipinski definition) is 7. The van der Waals surface area contributed by atoms with Crippen molar-refractivity contribution in [1.29, 1.82) is 0 Å². The summed E-state index contributed by atoms with van der Waals surface area (Å²) in [5.74, 6) is 0.776. The van der Waals surface area contributed by atoms with Crippen LogP contribution in [0.3, 0.4) is 0 Å². The highest BCUT2D eigenvalue weighted by Gasteiger charge is 2.31. The second-order valence-corrected chi connectivity index (χ2v) is 12.6. The molecule has 2 saturated carbocycles. The maximum absolute atomic E-state index is 13.9. The SMILES string of the molecule is Cn1ncc2cc(N3CCC(CN(C(=O)C4CCCCC4)c4cncc(OCC(=O)OC5CCCCC5)c4)CC3)ccc21. The molecule has 1 aliphatic heterocycles. The van der Waals surface area contributed by atoms with Crippen molar-refractivity contribution in [3.8, 4) is 5.75 Å². The van der Waals surface area contributed by atoms with Gasteiger partial charge in [0.25, 0.3) is 0 Å². The van der Waals surface area contributed by atoms with E-state index in [9.17, 15) is 9.59 Å². The molecule has 2 aliphatic carbocycles. The van der Waals surface area contributed by atoms with Gasteiger partial charge in [0.05, 0.1) is 29.8 Å². The number of rotatable bonds is 9. The van der Waals surface area contributed by atoms with E-state index in [1.807, 2.05) is 28.9 Å². The molecular formula is C34H45N5O4. The van der Waals surface area contributed by atoms with E-state index in [0.29, 0.717) is 18.2 Å². The lowest BCUT2D eigenvalue weighted by molar-refractivity contribution is -0.152. The third kappa shape index (κ3) is 7.31. The number of piperidine rings is 1. The Morgan fingerprint density at radius 2 is 1.65 bits per heavy atom. The molecule has 1 saturated heterocycles. The van der Waals surface area contributed by atoms with E-state index < -0.39 is 0 Å². The maximum Gasteiger partial charge on any atom is 0.344 e. The number of hydrogen-bond donors (Lipinski definition) is 0. The van der Waals surface area contributed by atoms with Gasteiger partial charge in [0.15, 0.2) is 6.61 Å². The number of amides is 1. The van der Waals surface area contributed by atoms with Crippen molar-refractivity contribution in [2.24, 2.45) is 18.9 Å². The molecule has 3 aromatic rings. The van der Waals surface area contributed by atoms with Crippen molar-refractivity contribution in [2.75, 3.05) is 36.0 Å². The van der Waals surface area contributed by atoms with Crippen LogP contribution >= 0.6 is 0 Å². The second kappa shape index (κ2) is 13.8. The molecule has 6 rings (SSSR count). The van der Waals surface area contributed by atoms with Crippen LogP contribution in [-0.4, -0.2) is 59.0 Å². The molecule has 230 valence electrons. The fourth-order valence-corrected chi connectivity index (χ4v) is 7.05. The Kier molecular flexibility index (Phi) is 9.44. The fourth-order valence-electron chi connectivity index (χ4n) is 7.05. The number of esters is 1. The monoisotopic (exact) mass is 587 g/mol. The standard InChI is InChI=1S/C34H45N5O4/c1-37-32-13-12-28(18-27(32)20-36-37)38-16-14-25(15-17-38)23-39(34(41)26-8-4-2-5-9-26)29-19-31(22-35-21-29)42-24-33(40)43-30-10-6-3-7-11-30/h12-13,18-22,25-26,30H,2-11,14-17,23-24H2,1H3. The minimum absolute atomic E-state index is 0.00239. The lowest BCUT2D eigenvalue weighted by atomic mass is 9.87. The van der Waals surface area contributed by atoms with Crippen molar-refractivity contribution in [1.82, 2.24) is 14.8 Å². The van der Waals surface area contributed by atoms with Crippen molar-refractivity contribution in [3.05, 3.63) is 42.9 Å². The van der Waals surface area contributed by atoms with Crippen LogP contribution in [0.1, 0.15) is 77.0 Å². The van der Waals surface area contributed by atoms with Crippen LogP contribution in [0.25, 0.3) is 10.9 Å². The Morgan fingerprint density at radius 1 is 0.907 bits per heavy atom. The van der Waals surface area contributed by atoms with Gasteiger partial charge in [-0.15, -0.1) is 0 Å². The van der Waals surface area contributed by atoms with Crippen LogP contribution in [0.4, 0.5) is 11.4 Å². The molecule has 0 bridgehead atoms. The number of pyridine rings is 1. The first-order chi connectivity index (χ1) is 21.0. The molecule has 3 heterocycles. The highest BCUT2D eigenvalue weighted by atomic mass is 16.6. The smallest absolute Gasteiger partial charge is 0.344 e. The number of carbonyl (C=O) groups excluding carboxylic acids is 2. The minimum Gasteiger partial charge on any atom is -0.480 e. The van der Waals surface area contributed by atoms with E-state index in [-0.39, 0.29) is 30.5 Å². The normalized spacial score (nSPS) is 19.0. The summed E-state index contributed by atoms with van der Waals surface area (Å²) in [6.45, 7) is 2.42. The summed E-state index contributed by atoms with van der Waals surface area (Å²) in [5, 5.41) is 5.54. The largest absolute Gasteiger partial charge is 0.480 e. The van der Waals surface area contributed by atoms with Crippen LogP contribution in [0.15, 0.2) is 42.9 Å². The van der Waals surface area contributed by atoms with Gasteiger partial charge >= 0.3 is 5.97 Å². The molecule has 1 amide bonds. The summed E-state index contributed by atoms with van der Waals surface area (Å²) >= 11 is 0. The molecule has 0 spiro atoms. The maximum atomic E-state index is 13.9. The zero-order valence-electron chi connectivity index (χ0n) is 25.5. The topological polar surface area (TPSA) is 89.8 Å². The van der Waals surface area contributed by atoms with Crippen molar-refractivity contribution in [2.45, 2.75) is 83.2 Å². The van der Waals surface area contributed by atoms with E-state index in [0.717, 1.165) is 93.9 Å². The molecule has 3 fully saturated rings. The van der Waals surface area contributed by atoms with E-state index in [2.05, 4.69) is 33.2 Å². The summed E-state index contributed by atoms with van der Waals surface area (Å²) in [6.07, 6.45) is 17.9. The highest BCUT2D eigenvalue weighted by molar-refractivity contribution is 5.95. The van der Waals surface area contributed by atoms with Crippen molar-refractivity contribution in [3.63, 3.8) is 0 Å². The molecule has 9 heteroatoms. The van der Waals surface area contributed by atoms with Gasteiger partial charge in [-0.05, 0) is 75.5 Å². The molecule has 9 nitrogen and oxygen atoms in total. The number of fused-ring (bicyclic) bond motifs is 1. The third-order valence-electron chi connectivity index (χ3n) is 9.59. The average molecular weight is 588 g/mol. The van der Waals surface area contributed by atoms with Crippen molar-refractivity contribution >= 4 is 34.2 Å². The summed E-state index contributed by atoms with van der Waals surface area (Å²) in [7, 11) is 1.97. The van der Waals surface area contributed by atoms with E-state index in [1.165, 1.54) is 18.5 Å². The number of nitrogens with zero attached hydrogens (tertiary/aromatic N) is 5. The van der Waals surface area contributed by atoms with E-state index in [1.54, 1.807) is 12.4 Å². The van der Waals surface area contributed by atoms with Gasteiger partial charge in [-0.3, -0.25) is 14.5 Å². The van der Waals surface area contributed by atoms with Crippen LogP contribution in [0.2, 0.25) is 0 Å². The molecule has 0 N–H and O–H groups in total. The molecule has 1 aromatic carbocycles. The summed E-state index contributed by atoms with van der Waals surface area (Å²) in [4.78, 5) is 35.2. The van der Waals surface area contributed by atoms with Crippen molar-refractivity contribution < 1.29 is 19.1 Å². The molecular weight excluding hydrogens is 542 g/mol. The third-order valence-corrected chi connectivity index (χ3v) is 9.59. The quantitative estimate of drug-likeness (QED) is 0.282. The van der Waals surface area contributed by atoms with Crippen LogP contribution < -0.4 is 14.5 Å². The molecule has 0 radical (unpaired) electrons. The lowest BCUT2D eigenvalue weighted by Crippen LogP contribution is -2.43. The molecule has 0 atom stereocenters. The second-order valence-electron chi connectivity index (χ2n) is 12.6. The zero-order chi connectivity index (χ0) is 29.6. The Labute approximate surface area is 254 Å². The molecule has 2 aromatic heterocycles. The Bertz CT molecular complexity index is 1390. The number of aryl methyl sites for hydroxylation is 1. The van der Waals surface area contributed by atoms with Crippen LogP contribution in [0, 0.1) is 11.8 Å². The zero-order valence-corrected chi connectivity index (χ0v) is 25.5. The van der Waals surface area contributed by atoms with Gasteiger partial charge in [0, 0.05) is 49.7 Å². The molecule has 3 aliphatic rings. The summed E-state index contributed by atoms with van der Waals surface area (Å²) in [6, 6.07) is 8.42. The molecule has 43 heavy (non-hydrogen) atoms. The van der Waals surface area contributed by atoms with Gasteiger partial charge in [-0.1, -0.05) is 25.7 Å². The average Bonchev–Trinajstić information content (AvgIpc) is 3.43. The number of anilines is 2. The Morgan fingerprint density at radius 3 is 2.42 bits per heavy atom. The first-order valence-electron chi connectivity index (χ1n) is 16.3. The fraction of sp³-hybridized carbons (Fsp3) is 0.588.